The number of unbranched alkanes of at least 4 members (excludes halogenated alkanes) is 2. The molecule has 1 fully saturated rings. The summed E-state index contributed by atoms with van der Waals surface area (Å²) in [7, 11) is 0. The lowest BCUT2D eigenvalue weighted by Gasteiger charge is -2.46. The third-order valence-corrected chi connectivity index (χ3v) is 4.61. The van der Waals surface area contributed by atoms with Crippen LogP contribution < -0.4 is 11.1 Å². The minimum absolute atomic E-state index is 0.225. The van der Waals surface area contributed by atoms with Gasteiger partial charge in [-0.05, 0) is 36.5 Å². The van der Waals surface area contributed by atoms with Gasteiger partial charge >= 0.3 is 0 Å². The number of ether oxygens (including phenoxy) is 1. The molecule has 3 atom stereocenters. The molecule has 1 rings (SSSR count). The second-order valence-electron chi connectivity index (χ2n) is 8.39. The molecule has 0 aliphatic heterocycles. The van der Waals surface area contributed by atoms with E-state index >= 15 is 0 Å². The zero-order chi connectivity index (χ0) is 16.6. The molecule has 4 heteroatoms. The van der Waals surface area contributed by atoms with E-state index in [9.17, 15) is 5.11 Å². The summed E-state index contributed by atoms with van der Waals surface area (Å²) in [4.78, 5) is 0. The molecule has 0 amide bonds. The molecule has 3 unspecified atom stereocenters. The van der Waals surface area contributed by atoms with E-state index in [1.807, 2.05) is 0 Å². The minimum Gasteiger partial charge on any atom is -0.389 e. The molecule has 0 radical (unpaired) electrons. The van der Waals surface area contributed by atoms with Gasteiger partial charge in [0.15, 0.2) is 0 Å². The van der Waals surface area contributed by atoms with Gasteiger partial charge in [-0.2, -0.15) is 0 Å². The Bertz CT molecular complexity index is 309. The number of nitrogens with one attached hydrogen (secondary N) is 1. The highest BCUT2D eigenvalue weighted by atomic mass is 16.5. The predicted molar refractivity (Wildman–Crippen MR) is 92.9 cm³/mol. The summed E-state index contributed by atoms with van der Waals surface area (Å²) in [6, 6.07) is 0.294. The first-order valence-electron chi connectivity index (χ1n) is 8.98. The summed E-state index contributed by atoms with van der Waals surface area (Å²) in [6.45, 7) is 11.8. The molecule has 0 spiro atoms. The van der Waals surface area contributed by atoms with Crippen LogP contribution in [0.2, 0.25) is 0 Å². The predicted octanol–water partition coefficient (Wildman–Crippen LogP) is 2.69. The van der Waals surface area contributed by atoms with E-state index in [0.717, 1.165) is 32.4 Å². The molecule has 4 N–H and O–H groups in total. The molecule has 0 aromatic rings. The van der Waals surface area contributed by atoms with Crippen LogP contribution in [0.5, 0.6) is 0 Å². The van der Waals surface area contributed by atoms with Crippen molar-refractivity contribution in [2.45, 2.75) is 78.4 Å². The maximum atomic E-state index is 9.96. The lowest BCUT2D eigenvalue weighted by atomic mass is 9.63. The molecular formula is C18H38N2O2. The van der Waals surface area contributed by atoms with Crippen LogP contribution in [0.15, 0.2) is 0 Å². The monoisotopic (exact) mass is 314 g/mol. The Morgan fingerprint density at radius 3 is 2.64 bits per heavy atom. The number of hydrogen-bond acceptors (Lipinski definition) is 4. The Balaban J connectivity index is 2.19. The smallest absolute Gasteiger partial charge is 0.0897 e. The molecule has 22 heavy (non-hydrogen) atoms. The summed E-state index contributed by atoms with van der Waals surface area (Å²) in [5.41, 5.74) is 6.77. The first kappa shape index (κ1) is 19.9. The van der Waals surface area contributed by atoms with Crippen molar-refractivity contribution in [1.82, 2.24) is 5.32 Å². The van der Waals surface area contributed by atoms with Crippen LogP contribution in [0, 0.1) is 10.8 Å². The molecule has 0 bridgehead atoms. The molecule has 132 valence electrons. The topological polar surface area (TPSA) is 67.5 Å². The van der Waals surface area contributed by atoms with E-state index < -0.39 is 6.10 Å². The maximum Gasteiger partial charge on any atom is 0.0897 e. The van der Waals surface area contributed by atoms with Gasteiger partial charge in [0.2, 0.25) is 0 Å². The quantitative estimate of drug-likeness (QED) is 0.542. The van der Waals surface area contributed by atoms with Gasteiger partial charge in [-0.3, -0.25) is 0 Å². The summed E-state index contributed by atoms with van der Waals surface area (Å²) in [6.07, 6.45) is 6.42. The van der Waals surface area contributed by atoms with E-state index in [1.165, 1.54) is 19.3 Å². The molecule has 1 aliphatic rings. The summed E-state index contributed by atoms with van der Waals surface area (Å²) in [5.74, 6) is 0. The number of rotatable bonds is 10. The summed E-state index contributed by atoms with van der Waals surface area (Å²) >= 11 is 0. The van der Waals surface area contributed by atoms with Crippen molar-refractivity contribution < 1.29 is 9.84 Å². The zero-order valence-electron chi connectivity index (χ0n) is 15.2. The second-order valence-corrected chi connectivity index (χ2v) is 8.39. The van der Waals surface area contributed by atoms with Gasteiger partial charge in [0, 0.05) is 25.7 Å². The van der Waals surface area contributed by atoms with Gasteiger partial charge in [0.05, 0.1) is 12.7 Å². The molecule has 0 saturated heterocycles. The van der Waals surface area contributed by atoms with Gasteiger partial charge in [0.1, 0.15) is 0 Å². The molecule has 4 nitrogen and oxygen atoms in total. The highest BCUT2D eigenvalue weighted by Gasteiger charge is 2.39. The Kier molecular flexibility index (Phi) is 8.33. The van der Waals surface area contributed by atoms with Crippen molar-refractivity contribution in [2.75, 3.05) is 26.3 Å². The Labute approximate surface area is 137 Å². The van der Waals surface area contributed by atoms with Crippen molar-refractivity contribution in [3.05, 3.63) is 0 Å². The Morgan fingerprint density at radius 1 is 1.27 bits per heavy atom. The van der Waals surface area contributed by atoms with Crippen molar-refractivity contribution >= 4 is 0 Å². The minimum atomic E-state index is -0.421. The van der Waals surface area contributed by atoms with Crippen LogP contribution in [0.3, 0.4) is 0 Å². The molecule has 0 heterocycles. The van der Waals surface area contributed by atoms with Gasteiger partial charge in [0.25, 0.3) is 0 Å². The van der Waals surface area contributed by atoms with Gasteiger partial charge in [-0.1, -0.05) is 40.5 Å². The average molecular weight is 315 g/mol. The highest BCUT2D eigenvalue weighted by Crippen LogP contribution is 2.45. The Morgan fingerprint density at radius 2 is 2.00 bits per heavy atom. The van der Waals surface area contributed by atoms with E-state index in [4.69, 9.17) is 10.5 Å². The van der Waals surface area contributed by atoms with E-state index in [2.05, 4.69) is 33.0 Å². The normalized spacial score (nSPS) is 29.5. The lowest BCUT2D eigenvalue weighted by Crippen LogP contribution is -2.47. The lowest BCUT2D eigenvalue weighted by molar-refractivity contribution is 0.0306. The van der Waals surface area contributed by atoms with E-state index in [0.29, 0.717) is 24.6 Å². The number of aliphatic hydroxyl groups is 1. The SMILES string of the molecule is CCCCCOCC(O)CNCC1(C)CC(N)CC(C)(C)C1. The molecule has 1 saturated carbocycles. The fourth-order valence-corrected chi connectivity index (χ4v) is 4.12. The first-order valence-corrected chi connectivity index (χ1v) is 8.98. The van der Waals surface area contributed by atoms with E-state index in [1.54, 1.807) is 0 Å². The molecule has 0 aromatic carbocycles. The maximum absolute atomic E-state index is 9.96. The van der Waals surface area contributed by atoms with Crippen LogP contribution in [0.1, 0.15) is 66.2 Å². The van der Waals surface area contributed by atoms with Crippen LogP contribution in [-0.4, -0.2) is 43.6 Å². The summed E-state index contributed by atoms with van der Waals surface area (Å²) < 4.78 is 5.51. The van der Waals surface area contributed by atoms with Gasteiger partial charge in [-0.25, -0.2) is 0 Å². The first-order chi connectivity index (χ1) is 10.3. The van der Waals surface area contributed by atoms with Gasteiger partial charge < -0.3 is 20.9 Å². The van der Waals surface area contributed by atoms with Crippen LogP contribution in [0.4, 0.5) is 0 Å². The number of aliphatic hydroxyl groups excluding tert-OH is 1. The van der Waals surface area contributed by atoms with Gasteiger partial charge in [-0.15, -0.1) is 0 Å². The molecule has 1 aliphatic carbocycles. The number of hydrogen-bond donors (Lipinski definition) is 3. The zero-order valence-corrected chi connectivity index (χ0v) is 15.2. The van der Waals surface area contributed by atoms with Crippen molar-refractivity contribution in [3.8, 4) is 0 Å². The van der Waals surface area contributed by atoms with Crippen molar-refractivity contribution in [3.63, 3.8) is 0 Å². The van der Waals surface area contributed by atoms with Crippen LogP contribution in [-0.2, 0) is 4.74 Å². The van der Waals surface area contributed by atoms with Crippen LogP contribution in [0.25, 0.3) is 0 Å². The highest BCUT2D eigenvalue weighted by molar-refractivity contribution is 4.94. The third-order valence-electron chi connectivity index (χ3n) is 4.61. The van der Waals surface area contributed by atoms with Crippen LogP contribution >= 0.6 is 0 Å². The largest absolute Gasteiger partial charge is 0.389 e. The fraction of sp³-hybridized carbons (Fsp3) is 1.00. The Hall–Kier alpha value is -0.160. The standard InChI is InChI=1S/C18H38N2O2/c1-5-6-7-8-22-12-16(21)11-20-14-18(4)10-15(19)9-17(2,3)13-18/h15-16,20-21H,5-14,19H2,1-4H3. The fourth-order valence-electron chi connectivity index (χ4n) is 4.12. The third kappa shape index (κ3) is 7.91. The number of nitrogens with two attached hydrogens (primary N) is 1. The average Bonchev–Trinajstić information content (AvgIpc) is 2.35. The second kappa shape index (κ2) is 9.21. The van der Waals surface area contributed by atoms with Crippen molar-refractivity contribution in [2.24, 2.45) is 16.6 Å². The molecule has 0 aromatic heterocycles. The van der Waals surface area contributed by atoms with E-state index in [-0.39, 0.29) is 5.41 Å². The van der Waals surface area contributed by atoms with Crippen molar-refractivity contribution in [1.29, 1.82) is 0 Å². The molecular weight excluding hydrogens is 276 g/mol. The summed E-state index contributed by atoms with van der Waals surface area (Å²) in [5, 5.41) is 13.4.